The second-order valence-electron chi connectivity index (χ2n) is 4.90. The highest BCUT2D eigenvalue weighted by Gasteiger charge is 2.18. The summed E-state index contributed by atoms with van der Waals surface area (Å²) in [5.41, 5.74) is 0.833. The van der Waals surface area contributed by atoms with Crippen LogP contribution < -0.4 is 15.4 Å². The summed E-state index contributed by atoms with van der Waals surface area (Å²) in [6.45, 7) is -0.0901. The number of nitrogens with zero attached hydrogens (tertiary/aromatic N) is 1. The van der Waals surface area contributed by atoms with Gasteiger partial charge in [-0.25, -0.2) is 12.7 Å². The topological polar surface area (TPSA) is 105 Å². The monoisotopic (exact) mass is 327 g/mol. The van der Waals surface area contributed by atoms with Crippen molar-refractivity contribution >= 4 is 27.5 Å². The number of amides is 2. The van der Waals surface area contributed by atoms with Crippen LogP contribution in [0.1, 0.15) is 10.4 Å². The molecule has 0 saturated heterocycles. The molecular weight excluding hydrogens is 310 g/mol. The summed E-state index contributed by atoms with van der Waals surface area (Å²) in [6, 6.07) is 4.60. The van der Waals surface area contributed by atoms with Gasteiger partial charge in [0, 0.05) is 26.2 Å². The second-order valence-corrected chi connectivity index (χ2v) is 7.20. The first-order valence-electron chi connectivity index (χ1n) is 6.55. The fourth-order valence-electron chi connectivity index (χ4n) is 1.79. The SMILES string of the molecule is CN(C)S(=O)(=O)CCNC(=O)c1ccc2c(c1)OCC(=O)N2. The summed E-state index contributed by atoms with van der Waals surface area (Å²) in [6.07, 6.45) is 0. The number of sulfonamides is 1. The fourth-order valence-corrected chi connectivity index (χ4v) is 2.52. The molecule has 22 heavy (non-hydrogen) atoms. The molecule has 0 atom stereocenters. The number of ether oxygens (including phenoxy) is 1. The highest BCUT2D eigenvalue weighted by molar-refractivity contribution is 7.89. The summed E-state index contributed by atoms with van der Waals surface area (Å²) in [5.74, 6) is -0.424. The van der Waals surface area contributed by atoms with Gasteiger partial charge >= 0.3 is 0 Å². The van der Waals surface area contributed by atoms with Gasteiger partial charge in [0.05, 0.1) is 11.4 Å². The number of fused-ring (bicyclic) bond motifs is 1. The van der Waals surface area contributed by atoms with Gasteiger partial charge in [0.2, 0.25) is 10.0 Å². The standard InChI is InChI=1S/C13H17N3O5S/c1-16(2)22(19,20)6-5-14-13(18)9-3-4-10-11(7-9)21-8-12(17)15-10/h3-4,7H,5-6,8H2,1-2H3,(H,14,18)(H,15,17). The summed E-state index contributed by atoms with van der Waals surface area (Å²) in [4.78, 5) is 23.1. The average molecular weight is 327 g/mol. The third-order valence-electron chi connectivity index (χ3n) is 3.08. The van der Waals surface area contributed by atoms with Crippen LogP contribution >= 0.6 is 0 Å². The van der Waals surface area contributed by atoms with Crippen molar-refractivity contribution in [3.8, 4) is 5.75 Å². The Morgan fingerprint density at radius 1 is 1.41 bits per heavy atom. The van der Waals surface area contributed by atoms with Crippen molar-refractivity contribution in [1.82, 2.24) is 9.62 Å². The van der Waals surface area contributed by atoms with E-state index in [-0.39, 0.29) is 24.8 Å². The second kappa shape index (κ2) is 6.32. The lowest BCUT2D eigenvalue weighted by Crippen LogP contribution is -2.34. The van der Waals surface area contributed by atoms with Crippen LogP contribution in [0.5, 0.6) is 5.75 Å². The molecule has 2 amide bonds. The molecule has 1 aliphatic heterocycles. The first kappa shape index (κ1) is 16.2. The Hall–Kier alpha value is -2.13. The minimum Gasteiger partial charge on any atom is -0.482 e. The summed E-state index contributed by atoms with van der Waals surface area (Å²) >= 11 is 0. The highest BCUT2D eigenvalue weighted by Crippen LogP contribution is 2.28. The molecule has 0 aromatic heterocycles. The van der Waals surface area contributed by atoms with E-state index < -0.39 is 15.9 Å². The third-order valence-corrected chi connectivity index (χ3v) is 4.91. The van der Waals surface area contributed by atoms with Crippen LogP contribution in [0.25, 0.3) is 0 Å². The molecule has 0 saturated carbocycles. The van der Waals surface area contributed by atoms with Crippen LogP contribution in [0.15, 0.2) is 18.2 Å². The summed E-state index contributed by atoms with van der Waals surface area (Å²) < 4.78 is 29.5. The first-order valence-corrected chi connectivity index (χ1v) is 8.15. The van der Waals surface area contributed by atoms with Crippen molar-refractivity contribution in [3.05, 3.63) is 23.8 Å². The van der Waals surface area contributed by atoms with Gasteiger partial charge in [-0.2, -0.15) is 0 Å². The Bertz CT molecular complexity index is 700. The molecule has 1 aliphatic rings. The highest BCUT2D eigenvalue weighted by atomic mass is 32.2. The molecule has 8 nitrogen and oxygen atoms in total. The van der Waals surface area contributed by atoms with Crippen LogP contribution in [0, 0.1) is 0 Å². The van der Waals surface area contributed by atoms with E-state index >= 15 is 0 Å². The number of hydrogen-bond donors (Lipinski definition) is 2. The smallest absolute Gasteiger partial charge is 0.262 e. The maximum absolute atomic E-state index is 12.0. The van der Waals surface area contributed by atoms with Gasteiger partial charge in [-0.3, -0.25) is 9.59 Å². The number of nitrogens with one attached hydrogen (secondary N) is 2. The van der Waals surface area contributed by atoms with E-state index in [1.165, 1.54) is 26.2 Å². The van der Waals surface area contributed by atoms with E-state index in [9.17, 15) is 18.0 Å². The zero-order chi connectivity index (χ0) is 16.3. The molecule has 9 heteroatoms. The van der Waals surface area contributed by atoms with E-state index in [1.54, 1.807) is 6.07 Å². The molecule has 0 spiro atoms. The van der Waals surface area contributed by atoms with Crippen molar-refractivity contribution in [2.45, 2.75) is 0 Å². The van der Waals surface area contributed by atoms with Crippen molar-refractivity contribution in [3.63, 3.8) is 0 Å². The fraction of sp³-hybridized carbons (Fsp3) is 0.385. The molecule has 0 fully saturated rings. The number of benzene rings is 1. The Labute approximate surface area is 128 Å². The molecule has 0 unspecified atom stereocenters. The maximum Gasteiger partial charge on any atom is 0.262 e. The molecule has 2 rings (SSSR count). The first-order chi connectivity index (χ1) is 10.3. The van der Waals surface area contributed by atoms with Gasteiger partial charge in [0.15, 0.2) is 6.61 Å². The lowest BCUT2D eigenvalue weighted by Gasteiger charge is -2.18. The molecule has 120 valence electrons. The molecule has 1 aromatic carbocycles. The Morgan fingerprint density at radius 3 is 2.82 bits per heavy atom. The summed E-state index contributed by atoms with van der Waals surface area (Å²) in [5, 5.41) is 5.16. The largest absolute Gasteiger partial charge is 0.482 e. The number of hydrogen-bond acceptors (Lipinski definition) is 5. The van der Waals surface area contributed by atoms with Crippen LogP contribution in [0.4, 0.5) is 5.69 Å². The normalized spacial score (nSPS) is 14.0. The van der Waals surface area contributed by atoms with E-state index in [0.29, 0.717) is 17.0 Å². The lowest BCUT2D eigenvalue weighted by atomic mass is 10.1. The zero-order valence-electron chi connectivity index (χ0n) is 12.3. The number of anilines is 1. The average Bonchev–Trinajstić information content (AvgIpc) is 2.46. The number of carbonyl (C=O) groups excluding carboxylic acids is 2. The van der Waals surface area contributed by atoms with Gasteiger partial charge in [0.1, 0.15) is 5.75 Å². The quantitative estimate of drug-likeness (QED) is 0.768. The molecule has 2 N–H and O–H groups in total. The van der Waals surface area contributed by atoms with Crippen LogP contribution in [0.3, 0.4) is 0 Å². The van der Waals surface area contributed by atoms with Crippen molar-refractivity contribution in [2.75, 3.05) is 38.3 Å². The predicted octanol–water partition coefficient (Wildman–Crippen LogP) is -0.361. The molecule has 1 heterocycles. The van der Waals surface area contributed by atoms with Crippen molar-refractivity contribution < 1.29 is 22.7 Å². The van der Waals surface area contributed by atoms with E-state index in [1.807, 2.05) is 0 Å². The van der Waals surface area contributed by atoms with E-state index in [2.05, 4.69) is 10.6 Å². The Morgan fingerprint density at radius 2 is 2.14 bits per heavy atom. The molecular formula is C13H17N3O5S. The number of rotatable bonds is 5. The van der Waals surface area contributed by atoms with Crippen molar-refractivity contribution in [2.24, 2.45) is 0 Å². The van der Waals surface area contributed by atoms with Crippen LogP contribution in [0.2, 0.25) is 0 Å². The van der Waals surface area contributed by atoms with Gasteiger partial charge in [0.25, 0.3) is 11.8 Å². The molecule has 1 aromatic rings. The van der Waals surface area contributed by atoms with Gasteiger partial charge in [-0.15, -0.1) is 0 Å². The molecule has 0 bridgehead atoms. The molecule has 0 radical (unpaired) electrons. The zero-order valence-corrected chi connectivity index (χ0v) is 13.1. The Balaban J connectivity index is 1.98. The Kier molecular flexibility index (Phi) is 4.67. The molecule has 0 aliphatic carbocycles. The van der Waals surface area contributed by atoms with Gasteiger partial charge in [-0.1, -0.05) is 0 Å². The van der Waals surface area contributed by atoms with E-state index in [4.69, 9.17) is 4.74 Å². The van der Waals surface area contributed by atoms with Gasteiger partial charge < -0.3 is 15.4 Å². The van der Waals surface area contributed by atoms with Crippen LogP contribution in [-0.2, 0) is 14.8 Å². The minimum atomic E-state index is -3.35. The summed E-state index contributed by atoms with van der Waals surface area (Å²) in [7, 11) is -0.477. The number of carbonyl (C=O) groups is 2. The minimum absolute atomic E-state index is 0.00796. The van der Waals surface area contributed by atoms with Crippen LogP contribution in [-0.4, -0.2) is 57.5 Å². The van der Waals surface area contributed by atoms with Gasteiger partial charge in [-0.05, 0) is 18.2 Å². The third kappa shape index (κ3) is 3.74. The predicted molar refractivity (Wildman–Crippen MR) is 80.4 cm³/mol. The lowest BCUT2D eigenvalue weighted by molar-refractivity contribution is -0.118. The maximum atomic E-state index is 12.0. The van der Waals surface area contributed by atoms with E-state index in [0.717, 1.165) is 4.31 Å². The van der Waals surface area contributed by atoms with Crippen molar-refractivity contribution in [1.29, 1.82) is 0 Å².